The summed E-state index contributed by atoms with van der Waals surface area (Å²) < 4.78 is 102. The number of hydrogen-bond acceptors (Lipinski definition) is 6. The van der Waals surface area contributed by atoms with Crippen molar-refractivity contribution >= 4 is 87.2 Å². The molecule has 0 atom stereocenters. The molecule has 16 aromatic carbocycles. The standard InChI is InChI=1S/C116H86F6N10/c1-68-36-50-97-89(56-68)90-57-69(2)37-51-98(90)132(97)106-67-82(116(120,121)122)43-49-88(106)86-47-40-77(111-125-107(73-25-13-10-14-26-73)123-108(126-111)74-27-15-11-16-28-74)63-104(86)131-99-52-38-70(3)58-91(99)92-61-72(39-53-100(92)131)59-71-24-23-31-76(60-71)110-124-109(75-29-17-12-18-30-75)127-112(128-110)78-41-46-85(103(62-78)129-95-34-21-19-32-83(95)93-64-79(113(4,5)6)44-54-101(93)129)87-48-42-81(115(117,118)119)66-105(87)130-96-35-22-20-33-84(96)94-65-80(114(7,8)9)45-55-102(94)130/h10-58,60-67H,59H2,1-9H3. The molecule has 0 aliphatic heterocycles. The number of rotatable bonds is 14. The molecule has 16 heteroatoms. The minimum atomic E-state index is -4.69. The maximum Gasteiger partial charge on any atom is 0.416 e. The SMILES string of the molecule is Cc1ccc2c(c1)c1cc(C)ccc1n2-c1cc(C(F)(F)F)ccc1-c1ccc(-c2nc(-c3ccccc3)nc(-c3ccccc3)n2)cc1-n1c2ccc(C)cc2c2cc(Cc3cccc(-c4nc(-c5ccccc5)nc(-c5ccc(-c6ccc(C(F)(F)F)cc6-n6c7ccccc7c7cc(C(C)(C)C)ccc76)c(-n6c7ccccc7c7cc(C(C)(C)C)ccc76)c5)n4)c3)ccc21. The van der Waals surface area contributed by atoms with E-state index in [1.54, 1.807) is 12.1 Å². The highest BCUT2D eigenvalue weighted by molar-refractivity contribution is 6.15. The van der Waals surface area contributed by atoms with Gasteiger partial charge in [-0.25, -0.2) is 29.9 Å². The lowest BCUT2D eigenvalue weighted by Crippen LogP contribution is -2.11. The smallest absolute Gasteiger partial charge is 0.309 e. The number of benzene rings is 16. The lowest BCUT2D eigenvalue weighted by atomic mass is 9.86. The maximum atomic E-state index is 15.6. The van der Waals surface area contributed by atoms with Gasteiger partial charge >= 0.3 is 12.4 Å². The molecule has 0 aliphatic carbocycles. The number of fused-ring (bicyclic) bond motifs is 12. The zero-order chi connectivity index (χ0) is 90.5. The van der Waals surface area contributed by atoms with Gasteiger partial charge in [-0.3, -0.25) is 0 Å². The van der Waals surface area contributed by atoms with Crippen molar-refractivity contribution in [2.24, 2.45) is 0 Å². The van der Waals surface area contributed by atoms with E-state index in [-0.39, 0.29) is 10.8 Å². The molecule has 0 saturated heterocycles. The maximum absolute atomic E-state index is 15.6. The fourth-order valence-corrected chi connectivity index (χ4v) is 19.2. The van der Waals surface area contributed by atoms with Gasteiger partial charge in [-0.05, 0) is 188 Å². The number of hydrogen-bond donors (Lipinski definition) is 0. The van der Waals surface area contributed by atoms with Crippen LogP contribution < -0.4 is 0 Å². The molecule has 6 aromatic heterocycles. The zero-order valence-electron chi connectivity index (χ0n) is 73.9. The fourth-order valence-electron chi connectivity index (χ4n) is 19.2. The van der Waals surface area contributed by atoms with Crippen LogP contribution in [-0.4, -0.2) is 48.2 Å². The minimum absolute atomic E-state index is 0.198. The summed E-state index contributed by atoms with van der Waals surface area (Å²) >= 11 is 0. The summed E-state index contributed by atoms with van der Waals surface area (Å²) in [6, 6.07) is 112. The number of aryl methyl sites for hydroxylation is 3. The first-order valence-electron chi connectivity index (χ1n) is 44.3. The molecular formula is C116H86F6N10. The normalized spacial score (nSPS) is 12.4. The first-order chi connectivity index (χ1) is 63.6. The summed E-state index contributed by atoms with van der Waals surface area (Å²) in [6.07, 6.45) is -8.89. The van der Waals surface area contributed by atoms with E-state index in [4.69, 9.17) is 29.9 Å². The van der Waals surface area contributed by atoms with Crippen LogP contribution in [-0.2, 0) is 29.6 Å². The third-order valence-corrected chi connectivity index (χ3v) is 25.8. The summed E-state index contributed by atoms with van der Waals surface area (Å²) in [7, 11) is 0. The van der Waals surface area contributed by atoms with E-state index in [0.29, 0.717) is 97.5 Å². The predicted molar refractivity (Wildman–Crippen MR) is 525 cm³/mol. The van der Waals surface area contributed by atoms with Crippen LogP contribution in [0.4, 0.5) is 26.3 Å². The Morgan fingerprint density at radius 1 is 0.212 bits per heavy atom. The van der Waals surface area contributed by atoms with Crippen LogP contribution in [0, 0.1) is 20.8 Å². The summed E-state index contributed by atoms with van der Waals surface area (Å²) in [5.74, 6) is 2.56. The first kappa shape index (κ1) is 82.0. The Morgan fingerprint density at radius 3 is 0.848 bits per heavy atom. The minimum Gasteiger partial charge on any atom is -0.309 e. The number of alkyl halides is 6. The monoisotopic (exact) mass is 1730 g/mol. The molecule has 0 aliphatic rings. The van der Waals surface area contributed by atoms with Crippen molar-refractivity contribution < 1.29 is 26.3 Å². The van der Waals surface area contributed by atoms with Crippen molar-refractivity contribution in [2.45, 2.75) is 91.9 Å². The number of halogens is 6. The summed E-state index contributed by atoms with van der Waals surface area (Å²) in [5.41, 5.74) is 20.8. The molecule has 0 saturated carbocycles. The molecular weight excluding hydrogens is 1650 g/mol. The molecule has 642 valence electrons. The second kappa shape index (κ2) is 31.3. The molecule has 22 aromatic rings. The summed E-state index contributed by atoms with van der Waals surface area (Å²) in [5, 5.41) is 7.64. The number of para-hydroxylation sites is 2. The van der Waals surface area contributed by atoms with Crippen molar-refractivity contribution in [1.29, 1.82) is 0 Å². The molecule has 6 heterocycles. The predicted octanol–water partition coefficient (Wildman–Crippen LogP) is 30.9. The number of aromatic nitrogens is 10. The molecule has 0 unspecified atom stereocenters. The average Bonchev–Trinajstić information content (AvgIpc) is 1.55. The summed E-state index contributed by atoms with van der Waals surface area (Å²) in [4.78, 5) is 31.7. The molecule has 0 N–H and O–H groups in total. The van der Waals surface area contributed by atoms with Gasteiger partial charge in [0.15, 0.2) is 34.9 Å². The molecule has 22 rings (SSSR count). The Kier molecular flexibility index (Phi) is 19.5. The zero-order valence-corrected chi connectivity index (χ0v) is 73.9. The van der Waals surface area contributed by atoms with Crippen LogP contribution in [0.2, 0.25) is 0 Å². The van der Waals surface area contributed by atoms with Crippen LogP contribution in [0.25, 0.3) is 201 Å². The Bertz CT molecular complexity index is 8330. The molecule has 0 fully saturated rings. The molecule has 132 heavy (non-hydrogen) atoms. The van der Waals surface area contributed by atoms with Crippen molar-refractivity contribution in [3.8, 4) is 113 Å². The Morgan fingerprint density at radius 2 is 0.485 bits per heavy atom. The van der Waals surface area contributed by atoms with Crippen LogP contribution in [0.15, 0.2) is 346 Å². The fraction of sp³-hybridized carbons (Fsp3) is 0.121. The van der Waals surface area contributed by atoms with Crippen molar-refractivity contribution in [2.75, 3.05) is 0 Å². The second-order valence-electron chi connectivity index (χ2n) is 36.8. The topological polar surface area (TPSA) is 97.1 Å². The molecule has 0 radical (unpaired) electrons. The highest BCUT2D eigenvalue weighted by atomic mass is 19.4. The first-order valence-corrected chi connectivity index (χ1v) is 44.3. The summed E-state index contributed by atoms with van der Waals surface area (Å²) in [6.45, 7) is 19.2. The van der Waals surface area contributed by atoms with Gasteiger partial charge < -0.3 is 18.3 Å². The van der Waals surface area contributed by atoms with Crippen LogP contribution >= 0.6 is 0 Å². The Hall–Kier alpha value is -15.7. The Labute approximate surface area is 758 Å². The molecule has 0 amide bonds. The van der Waals surface area contributed by atoms with Crippen molar-refractivity contribution in [3.05, 3.63) is 396 Å². The van der Waals surface area contributed by atoms with E-state index < -0.39 is 23.5 Å². The van der Waals surface area contributed by atoms with Crippen molar-refractivity contribution in [1.82, 2.24) is 48.2 Å². The van der Waals surface area contributed by atoms with E-state index in [2.05, 4.69) is 173 Å². The van der Waals surface area contributed by atoms with Gasteiger partial charge in [-0.2, -0.15) is 26.3 Å². The van der Waals surface area contributed by atoms with Gasteiger partial charge in [-0.1, -0.05) is 277 Å². The quantitative estimate of drug-likeness (QED) is 0.101. The van der Waals surface area contributed by atoms with Gasteiger partial charge in [0.05, 0.1) is 78.0 Å². The third-order valence-electron chi connectivity index (χ3n) is 25.8. The van der Waals surface area contributed by atoms with E-state index in [1.807, 2.05) is 217 Å². The lowest BCUT2D eigenvalue weighted by Gasteiger charge is -2.22. The average molecular weight is 1730 g/mol. The van der Waals surface area contributed by atoms with Gasteiger partial charge in [0, 0.05) is 98.7 Å². The highest BCUT2D eigenvalue weighted by Gasteiger charge is 2.36. The van der Waals surface area contributed by atoms with E-state index in [0.717, 1.165) is 148 Å². The third kappa shape index (κ3) is 14.5. The van der Waals surface area contributed by atoms with Gasteiger partial charge in [-0.15, -0.1) is 0 Å². The molecule has 0 spiro atoms. The number of nitrogens with zero attached hydrogens (tertiary/aromatic N) is 10. The largest absolute Gasteiger partial charge is 0.416 e. The van der Waals surface area contributed by atoms with Crippen molar-refractivity contribution in [3.63, 3.8) is 0 Å². The van der Waals surface area contributed by atoms with E-state index in [9.17, 15) is 0 Å². The van der Waals surface area contributed by atoms with Crippen LogP contribution in [0.5, 0.6) is 0 Å². The Balaban J connectivity index is 0.709. The molecule has 10 nitrogen and oxygen atoms in total. The van der Waals surface area contributed by atoms with Gasteiger partial charge in [0.25, 0.3) is 0 Å². The van der Waals surface area contributed by atoms with E-state index in [1.165, 1.54) is 24.3 Å². The molecule has 0 bridgehead atoms. The van der Waals surface area contributed by atoms with Gasteiger partial charge in [0.1, 0.15) is 0 Å². The lowest BCUT2D eigenvalue weighted by molar-refractivity contribution is -0.138. The van der Waals surface area contributed by atoms with Crippen LogP contribution in [0.1, 0.15) is 91.6 Å². The van der Waals surface area contributed by atoms with Crippen LogP contribution in [0.3, 0.4) is 0 Å². The second-order valence-corrected chi connectivity index (χ2v) is 36.8. The van der Waals surface area contributed by atoms with Gasteiger partial charge in [0.2, 0.25) is 0 Å². The highest BCUT2D eigenvalue weighted by Crippen LogP contribution is 2.49. The van der Waals surface area contributed by atoms with E-state index >= 15 is 26.3 Å².